The quantitative estimate of drug-likeness (QED) is 0.145. The third kappa shape index (κ3) is 10.6. The largest absolute Gasteiger partial charge is 0.309 e. The molecule has 0 unspecified atom stereocenters. The number of fused-ring (bicyclic) bond motifs is 21. The molecule has 0 aliphatic carbocycles. The highest BCUT2D eigenvalue weighted by molar-refractivity contribution is 6.32. The first-order chi connectivity index (χ1) is 54.9. The zero-order valence-electron chi connectivity index (χ0n) is 61.7. The van der Waals surface area contributed by atoms with Crippen LogP contribution in [0.1, 0.15) is 16.7 Å². The summed E-state index contributed by atoms with van der Waals surface area (Å²) in [6, 6.07) is 143. The van der Waals surface area contributed by atoms with Crippen LogP contribution in [-0.2, 0) is 0 Å². The van der Waals surface area contributed by atoms with Crippen LogP contribution >= 0.6 is 0 Å². The molecule has 0 saturated carbocycles. The van der Waals surface area contributed by atoms with Crippen molar-refractivity contribution in [2.45, 2.75) is 20.8 Å². The Balaban J connectivity index is 0.000000106. The van der Waals surface area contributed by atoms with Gasteiger partial charge in [0.15, 0.2) is 0 Å². The maximum Gasteiger partial charge on any atom is 0.0548 e. The Kier molecular flexibility index (Phi) is 15.5. The molecule has 0 amide bonds. The van der Waals surface area contributed by atoms with Crippen LogP contribution < -0.4 is 0 Å². The average molecular weight is 1420 g/mol. The molecule has 0 radical (unpaired) electrons. The predicted molar refractivity (Wildman–Crippen MR) is 470 cm³/mol. The molecular weight excluding hydrogens is 1350 g/mol. The van der Waals surface area contributed by atoms with Gasteiger partial charge in [-0.1, -0.05) is 265 Å². The number of rotatable bonds is 8. The molecule has 0 N–H and O–H groups in total. The number of nitrogens with zero attached hydrogens (tertiary/aromatic N) is 6. The highest BCUT2D eigenvalue weighted by Crippen LogP contribution is 2.47. The van der Waals surface area contributed by atoms with Gasteiger partial charge in [-0.2, -0.15) is 0 Å². The smallest absolute Gasteiger partial charge is 0.0548 e. The molecular formula is C105H74N6. The first-order valence-corrected chi connectivity index (χ1v) is 38.3. The molecule has 17 aromatic carbocycles. The fraction of sp³-hybridized carbons (Fsp3) is 0.0286. The third-order valence-corrected chi connectivity index (χ3v) is 22.8. The van der Waals surface area contributed by atoms with Crippen LogP contribution in [0.15, 0.2) is 394 Å². The van der Waals surface area contributed by atoms with E-state index in [0.717, 1.165) is 0 Å². The van der Waals surface area contributed by atoms with Crippen molar-refractivity contribution in [3.05, 3.63) is 411 Å². The Bertz CT molecular complexity index is 7540. The second kappa shape index (κ2) is 26.5. The molecule has 0 spiro atoms. The highest BCUT2D eigenvalue weighted by atomic mass is 15.0. The van der Waals surface area contributed by atoms with E-state index in [9.17, 15) is 0 Å². The highest BCUT2D eigenvalue weighted by Gasteiger charge is 2.25. The lowest BCUT2D eigenvalue weighted by molar-refractivity contribution is 1.17. The number of para-hydroxylation sites is 7. The Hall–Kier alpha value is -14.5. The third-order valence-electron chi connectivity index (χ3n) is 22.8. The lowest BCUT2D eigenvalue weighted by Crippen LogP contribution is -1.95. The van der Waals surface area contributed by atoms with Crippen LogP contribution in [-0.4, -0.2) is 27.4 Å². The van der Waals surface area contributed by atoms with Crippen molar-refractivity contribution in [2.24, 2.45) is 0 Å². The van der Waals surface area contributed by atoms with Gasteiger partial charge in [-0.3, -0.25) is 0 Å². The van der Waals surface area contributed by atoms with Gasteiger partial charge in [-0.25, -0.2) is 0 Å². The van der Waals surface area contributed by atoms with Gasteiger partial charge in [-0.15, -0.1) is 0 Å². The second-order valence-corrected chi connectivity index (χ2v) is 29.3. The maximum atomic E-state index is 2.43. The topological polar surface area (TPSA) is 29.6 Å². The molecule has 6 heterocycles. The van der Waals surface area contributed by atoms with E-state index < -0.39 is 0 Å². The predicted octanol–water partition coefficient (Wildman–Crippen LogP) is 27.9. The molecule has 23 aromatic rings. The number of aryl methyl sites for hydroxylation is 3. The summed E-state index contributed by atoms with van der Waals surface area (Å²) in [5.41, 5.74) is 30.6. The first kappa shape index (κ1) is 64.9. The van der Waals surface area contributed by atoms with E-state index in [1.165, 1.54) is 204 Å². The van der Waals surface area contributed by atoms with E-state index in [4.69, 9.17) is 0 Å². The summed E-state index contributed by atoms with van der Waals surface area (Å²) in [4.78, 5) is 0. The minimum Gasteiger partial charge on any atom is -0.309 e. The summed E-state index contributed by atoms with van der Waals surface area (Å²) in [6.45, 7) is 6.42. The van der Waals surface area contributed by atoms with Crippen LogP contribution in [0, 0.1) is 20.8 Å². The van der Waals surface area contributed by atoms with Crippen molar-refractivity contribution in [1.82, 2.24) is 27.4 Å². The number of hydrogen-bond acceptors (Lipinski definition) is 0. The van der Waals surface area contributed by atoms with Crippen LogP contribution in [0.5, 0.6) is 0 Å². The standard InChI is InChI=1S/2C37H26N2.C31H22N2/c1-25-18-20-28(21-19-25)38-32-16-7-5-14-30(32)36-34(38)22-23-35-37(36)31-15-6-8-17-33(31)39(35)29-13-9-12-27(24-29)26-10-3-2-4-11-26;1-25-15-19-28(20-16-25)38-32-13-7-5-11-30(32)36-34(38)23-24-35-37(36)31-12-6-8-14-33(31)39(35)29-21-17-27(18-22-29)26-9-3-2-4-10-26;1-21-15-17-23(18-16-21)33-27-14-8-6-12-25(27)31-29(33)20-19-28-30(31)24-11-5-7-13-26(24)32(28)22-9-3-2-4-10-22/h2*2-24H,1H3;2-20H,1H3. The van der Waals surface area contributed by atoms with Gasteiger partial charge in [0.05, 0.1) is 66.2 Å². The SMILES string of the molecule is Cc1ccc(-n2c3ccccc3c3c4c5ccccc5n(-c5ccc(-c6ccccc6)cc5)c4ccc32)cc1.Cc1ccc(-n2c3ccccc3c3c4c5ccccc5n(-c5cccc(-c6ccccc6)c5)c4ccc32)cc1.Cc1ccc(-n2c3ccccc3c3c4c5ccccc5n(-c5ccccc5)c4ccc32)cc1. The molecule has 111 heavy (non-hydrogen) atoms. The molecule has 6 heteroatoms. The summed E-state index contributed by atoms with van der Waals surface area (Å²) < 4.78 is 14.4. The molecule has 0 aliphatic rings. The van der Waals surface area contributed by atoms with Gasteiger partial charge in [-0.05, 0) is 189 Å². The van der Waals surface area contributed by atoms with Crippen LogP contribution in [0.3, 0.4) is 0 Å². The summed E-state index contributed by atoms with van der Waals surface area (Å²) in [5, 5.41) is 15.5. The van der Waals surface area contributed by atoms with Crippen molar-refractivity contribution in [3.63, 3.8) is 0 Å². The van der Waals surface area contributed by atoms with Crippen molar-refractivity contribution in [1.29, 1.82) is 0 Å². The minimum atomic E-state index is 1.17. The lowest BCUT2D eigenvalue weighted by atomic mass is 10.0. The molecule has 0 bridgehead atoms. The Morgan fingerprint density at radius 3 is 0.622 bits per heavy atom. The summed E-state index contributed by atoms with van der Waals surface area (Å²) in [7, 11) is 0. The lowest BCUT2D eigenvalue weighted by Gasteiger charge is -2.11. The average Bonchev–Trinajstić information content (AvgIpc) is 1.56. The fourth-order valence-electron chi connectivity index (χ4n) is 17.8. The van der Waals surface area contributed by atoms with Gasteiger partial charge in [0, 0.05) is 98.8 Å². The van der Waals surface area contributed by atoms with Crippen LogP contribution in [0.2, 0.25) is 0 Å². The molecule has 23 rings (SSSR count). The van der Waals surface area contributed by atoms with Crippen molar-refractivity contribution < 1.29 is 0 Å². The van der Waals surface area contributed by atoms with E-state index >= 15 is 0 Å². The molecule has 0 aliphatic heterocycles. The molecule has 524 valence electrons. The Morgan fingerprint density at radius 2 is 0.333 bits per heavy atom. The van der Waals surface area contributed by atoms with Gasteiger partial charge in [0.25, 0.3) is 0 Å². The van der Waals surface area contributed by atoms with E-state index in [-0.39, 0.29) is 0 Å². The molecule has 6 nitrogen and oxygen atoms in total. The van der Waals surface area contributed by atoms with Gasteiger partial charge < -0.3 is 27.4 Å². The maximum absolute atomic E-state index is 2.43. The summed E-state index contributed by atoms with van der Waals surface area (Å²) in [5.74, 6) is 0. The van der Waals surface area contributed by atoms with Gasteiger partial charge in [0.1, 0.15) is 0 Å². The fourth-order valence-corrected chi connectivity index (χ4v) is 17.8. The van der Waals surface area contributed by atoms with Crippen molar-refractivity contribution in [3.8, 4) is 56.4 Å². The van der Waals surface area contributed by atoms with Gasteiger partial charge >= 0.3 is 0 Å². The Morgan fingerprint density at radius 1 is 0.135 bits per heavy atom. The monoisotopic (exact) mass is 1420 g/mol. The van der Waals surface area contributed by atoms with E-state index in [1.54, 1.807) is 0 Å². The second-order valence-electron chi connectivity index (χ2n) is 29.3. The zero-order valence-corrected chi connectivity index (χ0v) is 61.7. The first-order valence-electron chi connectivity index (χ1n) is 38.3. The van der Waals surface area contributed by atoms with E-state index in [1.807, 2.05) is 0 Å². The number of hydrogen-bond donors (Lipinski definition) is 0. The van der Waals surface area contributed by atoms with Crippen molar-refractivity contribution in [2.75, 3.05) is 0 Å². The molecule has 0 atom stereocenters. The van der Waals surface area contributed by atoms with Gasteiger partial charge in [0.2, 0.25) is 0 Å². The van der Waals surface area contributed by atoms with Crippen molar-refractivity contribution >= 4 is 131 Å². The number of benzene rings is 17. The minimum absolute atomic E-state index is 1.17. The molecule has 6 aromatic heterocycles. The normalized spacial score (nSPS) is 11.7. The molecule has 0 saturated heterocycles. The van der Waals surface area contributed by atoms with E-state index in [2.05, 4.69) is 442 Å². The summed E-state index contributed by atoms with van der Waals surface area (Å²) >= 11 is 0. The Labute approximate surface area is 642 Å². The summed E-state index contributed by atoms with van der Waals surface area (Å²) in [6.07, 6.45) is 0. The zero-order chi connectivity index (χ0) is 73.8. The van der Waals surface area contributed by atoms with Crippen LogP contribution in [0.25, 0.3) is 187 Å². The number of aromatic nitrogens is 6. The van der Waals surface area contributed by atoms with E-state index in [0.29, 0.717) is 0 Å². The van der Waals surface area contributed by atoms with Crippen LogP contribution in [0.4, 0.5) is 0 Å². The molecule has 0 fully saturated rings.